The molecule has 0 unspecified atom stereocenters. The van der Waals surface area contributed by atoms with Gasteiger partial charge in [-0.15, -0.1) is 0 Å². The number of hydrogen-bond donors (Lipinski definition) is 3. The van der Waals surface area contributed by atoms with E-state index in [4.69, 9.17) is 10.5 Å². The molecule has 0 fully saturated rings. The number of alkyl carbamates (subject to hydrolysis) is 1. The van der Waals surface area contributed by atoms with Crippen LogP contribution in [-0.4, -0.2) is 25.1 Å². The molecule has 2 amide bonds. The van der Waals surface area contributed by atoms with Crippen molar-refractivity contribution in [2.45, 2.75) is 20.5 Å². The van der Waals surface area contributed by atoms with Crippen LogP contribution in [-0.2, 0) is 16.1 Å². The molecular formula is C14H21N3O3. The van der Waals surface area contributed by atoms with Crippen LogP contribution in [0.4, 0.5) is 10.5 Å². The zero-order chi connectivity index (χ0) is 15.0. The van der Waals surface area contributed by atoms with Gasteiger partial charge in [0.1, 0.15) is 6.61 Å². The summed E-state index contributed by atoms with van der Waals surface area (Å²) in [5.74, 6) is -0.102. The molecule has 1 rings (SSSR count). The van der Waals surface area contributed by atoms with Crippen LogP contribution in [0.15, 0.2) is 24.3 Å². The van der Waals surface area contributed by atoms with Crippen molar-refractivity contribution in [3.8, 4) is 0 Å². The first-order valence-corrected chi connectivity index (χ1v) is 6.52. The third kappa shape index (κ3) is 6.08. The Labute approximate surface area is 118 Å². The molecule has 20 heavy (non-hydrogen) atoms. The lowest BCUT2D eigenvalue weighted by Crippen LogP contribution is -2.36. The molecule has 1 aromatic carbocycles. The van der Waals surface area contributed by atoms with Crippen molar-refractivity contribution in [2.75, 3.05) is 18.8 Å². The first-order valence-electron chi connectivity index (χ1n) is 6.52. The Morgan fingerprint density at radius 1 is 1.15 bits per heavy atom. The summed E-state index contributed by atoms with van der Waals surface area (Å²) in [6.07, 6.45) is -0.513. The summed E-state index contributed by atoms with van der Waals surface area (Å²) in [5.41, 5.74) is 7.08. The fourth-order valence-corrected chi connectivity index (χ4v) is 1.37. The highest BCUT2D eigenvalue weighted by Gasteiger charge is 2.06. The fourth-order valence-electron chi connectivity index (χ4n) is 1.37. The molecule has 1 aromatic rings. The number of ether oxygens (including phenoxy) is 1. The summed E-state index contributed by atoms with van der Waals surface area (Å²) < 4.78 is 5.02. The van der Waals surface area contributed by atoms with E-state index in [0.29, 0.717) is 18.8 Å². The third-order valence-corrected chi connectivity index (χ3v) is 2.57. The molecule has 0 radical (unpaired) electrons. The van der Waals surface area contributed by atoms with Gasteiger partial charge in [-0.25, -0.2) is 4.79 Å². The van der Waals surface area contributed by atoms with Crippen LogP contribution in [0.1, 0.15) is 19.4 Å². The summed E-state index contributed by atoms with van der Waals surface area (Å²) in [5, 5.41) is 5.25. The molecule has 0 atom stereocenters. The molecule has 0 saturated carbocycles. The van der Waals surface area contributed by atoms with E-state index < -0.39 is 6.09 Å². The Morgan fingerprint density at radius 2 is 1.75 bits per heavy atom. The van der Waals surface area contributed by atoms with E-state index in [0.717, 1.165) is 5.56 Å². The second-order valence-electron chi connectivity index (χ2n) is 4.69. The molecule has 0 bridgehead atoms. The van der Waals surface area contributed by atoms with Gasteiger partial charge >= 0.3 is 6.09 Å². The maximum Gasteiger partial charge on any atom is 0.407 e. The van der Waals surface area contributed by atoms with Crippen molar-refractivity contribution in [2.24, 2.45) is 5.92 Å². The zero-order valence-corrected chi connectivity index (χ0v) is 11.8. The molecule has 0 aromatic heterocycles. The Balaban J connectivity index is 2.14. The number of anilines is 1. The lowest BCUT2D eigenvalue weighted by molar-refractivity contribution is -0.123. The highest BCUT2D eigenvalue weighted by atomic mass is 16.5. The van der Waals surface area contributed by atoms with Crippen molar-refractivity contribution in [1.82, 2.24) is 10.6 Å². The van der Waals surface area contributed by atoms with E-state index >= 15 is 0 Å². The number of hydrogen-bond acceptors (Lipinski definition) is 4. The van der Waals surface area contributed by atoms with Gasteiger partial charge in [-0.2, -0.15) is 0 Å². The van der Waals surface area contributed by atoms with Crippen LogP contribution in [0.2, 0.25) is 0 Å². The van der Waals surface area contributed by atoms with E-state index in [1.54, 1.807) is 24.3 Å². The number of carbonyl (C=O) groups excluding carboxylic acids is 2. The Bertz CT molecular complexity index is 443. The first kappa shape index (κ1) is 15.8. The molecule has 6 heteroatoms. The number of nitrogens with two attached hydrogens (primary N) is 1. The first-order chi connectivity index (χ1) is 9.49. The SMILES string of the molecule is CC(C)C(=O)NCCNC(=O)OCc1ccc(N)cc1. The Hall–Kier alpha value is -2.24. The van der Waals surface area contributed by atoms with Gasteiger partial charge in [0.05, 0.1) is 0 Å². The van der Waals surface area contributed by atoms with E-state index in [9.17, 15) is 9.59 Å². The summed E-state index contributed by atoms with van der Waals surface area (Å²) in [4.78, 5) is 22.7. The number of carbonyl (C=O) groups is 2. The quantitative estimate of drug-likeness (QED) is 0.540. The number of nitrogens with one attached hydrogen (secondary N) is 2. The average molecular weight is 279 g/mol. The molecule has 0 heterocycles. The van der Waals surface area contributed by atoms with Crippen molar-refractivity contribution < 1.29 is 14.3 Å². The highest BCUT2D eigenvalue weighted by molar-refractivity contribution is 5.77. The predicted octanol–water partition coefficient (Wildman–Crippen LogP) is 1.27. The minimum absolute atomic E-state index is 0.0398. The minimum atomic E-state index is -0.513. The monoisotopic (exact) mass is 279 g/mol. The van der Waals surface area contributed by atoms with Gasteiger partial charge in [-0.3, -0.25) is 4.79 Å². The van der Waals surface area contributed by atoms with Crippen LogP contribution >= 0.6 is 0 Å². The molecule has 0 spiro atoms. The topological polar surface area (TPSA) is 93.5 Å². The molecule has 4 N–H and O–H groups in total. The molecule has 0 aliphatic carbocycles. The second-order valence-corrected chi connectivity index (χ2v) is 4.69. The van der Waals surface area contributed by atoms with Crippen LogP contribution in [0.3, 0.4) is 0 Å². The van der Waals surface area contributed by atoms with Crippen LogP contribution in [0.25, 0.3) is 0 Å². The van der Waals surface area contributed by atoms with Crippen molar-refractivity contribution in [3.63, 3.8) is 0 Å². The number of benzene rings is 1. The van der Waals surface area contributed by atoms with E-state index in [1.165, 1.54) is 0 Å². The van der Waals surface area contributed by atoms with Gasteiger partial charge in [-0.1, -0.05) is 26.0 Å². The van der Waals surface area contributed by atoms with Gasteiger partial charge in [0, 0.05) is 24.7 Å². The van der Waals surface area contributed by atoms with Crippen LogP contribution < -0.4 is 16.4 Å². The Morgan fingerprint density at radius 3 is 2.35 bits per heavy atom. The summed E-state index contributed by atoms with van der Waals surface area (Å²) >= 11 is 0. The molecule has 0 saturated heterocycles. The van der Waals surface area contributed by atoms with Gasteiger partial charge < -0.3 is 21.1 Å². The maximum atomic E-state index is 11.4. The molecular weight excluding hydrogens is 258 g/mol. The predicted molar refractivity (Wildman–Crippen MR) is 76.9 cm³/mol. The van der Waals surface area contributed by atoms with Crippen LogP contribution in [0, 0.1) is 5.92 Å². The second kappa shape index (κ2) is 8.04. The maximum absolute atomic E-state index is 11.4. The van der Waals surface area contributed by atoms with Crippen molar-refractivity contribution in [1.29, 1.82) is 0 Å². The smallest absolute Gasteiger partial charge is 0.407 e. The Kier molecular flexibility index (Phi) is 6.36. The minimum Gasteiger partial charge on any atom is -0.445 e. The third-order valence-electron chi connectivity index (χ3n) is 2.57. The lowest BCUT2D eigenvalue weighted by atomic mass is 10.2. The fraction of sp³-hybridized carbons (Fsp3) is 0.429. The van der Waals surface area contributed by atoms with Gasteiger partial charge in [0.2, 0.25) is 5.91 Å². The van der Waals surface area contributed by atoms with E-state index in [2.05, 4.69) is 10.6 Å². The number of rotatable bonds is 6. The van der Waals surface area contributed by atoms with Crippen molar-refractivity contribution >= 4 is 17.7 Å². The van der Waals surface area contributed by atoms with Crippen LogP contribution in [0.5, 0.6) is 0 Å². The zero-order valence-electron chi connectivity index (χ0n) is 11.8. The molecule has 110 valence electrons. The lowest BCUT2D eigenvalue weighted by Gasteiger charge is -2.09. The number of amides is 2. The van der Waals surface area contributed by atoms with E-state index in [1.807, 2.05) is 13.8 Å². The average Bonchev–Trinajstić information content (AvgIpc) is 2.42. The molecule has 6 nitrogen and oxygen atoms in total. The highest BCUT2D eigenvalue weighted by Crippen LogP contribution is 2.06. The van der Waals surface area contributed by atoms with Gasteiger partial charge in [0.25, 0.3) is 0 Å². The van der Waals surface area contributed by atoms with E-state index in [-0.39, 0.29) is 18.4 Å². The number of nitrogen functional groups attached to an aromatic ring is 1. The van der Waals surface area contributed by atoms with Crippen molar-refractivity contribution in [3.05, 3.63) is 29.8 Å². The van der Waals surface area contributed by atoms with Gasteiger partial charge in [0.15, 0.2) is 0 Å². The normalized spacial score (nSPS) is 10.2. The molecule has 0 aliphatic heterocycles. The molecule has 0 aliphatic rings. The standard InChI is InChI=1S/C14H21N3O3/c1-10(2)13(18)16-7-8-17-14(19)20-9-11-3-5-12(15)6-4-11/h3-6,10H,7-9,15H2,1-2H3,(H,16,18)(H,17,19). The summed E-state index contributed by atoms with van der Waals surface area (Å²) in [7, 11) is 0. The summed E-state index contributed by atoms with van der Waals surface area (Å²) in [6, 6.07) is 7.09. The largest absolute Gasteiger partial charge is 0.445 e. The summed E-state index contributed by atoms with van der Waals surface area (Å²) in [6.45, 7) is 4.52. The van der Waals surface area contributed by atoms with Gasteiger partial charge in [-0.05, 0) is 17.7 Å².